The van der Waals surface area contributed by atoms with E-state index in [4.69, 9.17) is 9.84 Å². The van der Waals surface area contributed by atoms with E-state index in [1.165, 1.54) is 0 Å². The lowest BCUT2D eigenvalue weighted by Gasteiger charge is -2.26. The van der Waals surface area contributed by atoms with Crippen molar-refractivity contribution in [1.82, 2.24) is 0 Å². The van der Waals surface area contributed by atoms with E-state index in [0.717, 1.165) is 24.2 Å². The summed E-state index contributed by atoms with van der Waals surface area (Å²) in [5, 5.41) is 12.0. The van der Waals surface area contributed by atoms with E-state index in [0.29, 0.717) is 17.9 Å². The molecular formula is C20H19NO4. The van der Waals surface area contributed by atoms with E-state index < -0.39 is 5.97 Å². The third-order valence-electron chi connectivity index (χ3n) is 5.24. The molecular weight excluding hydrogens is 318 g/mol. The first kappa shape index (κ1) is 15.7. The Labute approximate surface area is 145 Å². The fourth-order valence-corrected chi connectivity index (χ4v) is 3.88. The molecule has 1 aliphatic heterocycles. The maximum absolute atomic E-state index is 12.8. The van der Waals surface area contributed by atoms with Crippen LogP contribution in [0.2, 0.25) is 0 Å². The van der Waals surface area contributed by atoms with Crippen LogP contribution in [0.15, 0.2) is 48.5 Å². The van der Waals surface area contributed by atoms with Gasteiger partial charge in [0, 0.05) is 22.6 Å². The lowest BCUT2D eigenvalue weighted by molar-refractivity contribution is -0.136. The minimum Gasteiger partial charge on any atom is -0.493 e. The van der Waals surface area contributed by atoms with Gasteiger partial charge in [-0.25, -0.2) is 0 Å². The van der Waals surface area contributed by atoms with Crippen molar-refractivity contribution in [3.05, 3.63) is 59.7 Å². The van der Waals surface area contributed by atoms with Crippen LogP contribution in [-0.2, 0) is 21.4 Å². The molecule has 1 fully saturated rings. The molecule has 1 amide bonds. The quantitative estimate of drug-likeness (QED) is 0.899. The molecule has 5 nitrogen and oxygen atoms in total. The Bertz CT molecular complexity index is 847. The first-order valence-corrected chi connectivity index (χ1v) is 8.43. The summed E-state index contributed by atoms with van der Waals surface area (Å²) in [6.07, 6.45) is 1.53. The Morgan fingerprint density at radius 3 is 2.76 bits per heavy atom. The smallest absolute Gasteiger partial charge is 0.307 e. The van der Waals surface area contributed by atoms with Crippen LogP contribution in [0.3, 0.4) is 0 Å². The maximum atomic E-state index is 12.8. The van der Waals surface area contributed by atoms with Crippen molar-refractivity contribution in [1.29, 1.82) is 0 Å². The van der Waals surface area contributed by atoms with Gasteiger partial charge in [0.2, 0.25) is 5.91 Å². The highest BCUT2D eigenvalue weighted by Crippen LogP contribution is 2.60. The van der Waals surface area contributed by atoms with E-state index in [1.54, 1.807) is 24.3 Å². The summed E-state index contributed by atoms with van der Waals surface area (Å²) in [6.45, 7) is 0.621. The number of hydrogen-bond acceptors (Lipinski definition) is 3. The molecule has 1 aliphatic carbocycles. The fraction of sp³-hybridized carbons (Fsp3) is 0.300. The highest BCUT2D eigenvalue weighted by molar-refractivity contribution is 5.97. The zero-order chi connectivity index (χ0) is 17.4. The topological polar surface area (TPSA) is 75.6 Å². The number of ether oxygens (including phenoxy) is 1. The average molecular weight is 337 g/mol. The highest BCUT2D eigenvalue weighted by Gasteiger charge is 2.61. The lowest BCUT2D eigenvalue weighted by atomic mass is 9.87. The number of para-hydroxylation sites is 2. The van der Waals surface area contributed by atoms with Gasteiger partial charge < -0.3 is 15.2 Å². The number of rotatable bonds is 4. The molecule has 0 saturated heterocycles. The maximum Gasteiger partial charge on any atom is 0.307 e. The number of carbonyl (C=O) groups is 2. The minimum atomic E-state index is -0.914. The van der Waals surface area contributed by atoms with Crippen LogP contribution in [0.1, 0.15) is 24.0 Å². The first-order valence-electron chi connectivity index (χ1n) is 8.43. The van der Waals surface area contributed by atoms with Crippen molar-refractivity contribution in [3.63, 3.8) is 0 Å². The summed E-state index contributed by atoms with van der Waals surface area (Å²) in [5.41, 5.74) is 2.17. The van der Waals surface area contributed by atoms with Crippen LogP contribution in [0.5, 0.6) is 5.75 Å². The van der Waals surface area contributed by atoms with E-state index in [1.807, 2.05) is 24.3 Å². The number of carboxylic acids is 1. The van der Waals surface area contributed by atoms with Gasteiger partial charge in [-0.05, 0) is 30.5 Å². The Kier molecular flexibility index (Phi) is 3.71. The van der Waals surface area contributed by atoms with Crippen LogP contribution in [0.25, 0.3) is 0 Å². The number of anilines is 1. The number of amides is 1. The molecule has 2 unspecified atom stereocenters. The molecule has 0 radical (unpaired) electrons. The van der Waals surface area contributed by atoms with Crippen molar-refractivity contribution in [2.75, 3.05) is 11.9 Å². The Morgan fingerprint density at radius 2 is 1.92 bits per heavy atom. The number of hydrogen-bond donors (Lipinski definition) is 2. The normalized spacial score (nSPS) is 23.4. The van der Waals surface area contributed by atoms with Gasteiger partial charge in [-0.1, -0.05) is 36.4 Å². The first-order chi connectivity index (χ1) is 12.1. The molecule has 128 valence electrons. The number of carboxylic acid groups (broad SMARTS) is 1. The zero-order valence-corrected chi connectivity index (χ0v) is 13.7. The minimum absolute atomic E-state index is 0.0467. The third kappa shape index (κ3) is 2.76. The molecule has 2 aliphatic rings. The second-order valence-corrected chi connectivity index (χ2v) is 6.72. The zero-order valence-electron chi connectivity index (χ0n) is 13.7. The summed E-state index contributed by atoms with van der Waals surface area (Å²) in [4.78, 5) is 23.8. The van der Waals surface area contributed by atoms with Gasteiger partial charge in [0.1, 0.15) is 5.75 Å². The van der Waals surface area contributed by atoms with Gasteiger partial charge in [-0.15, -0.1) is 0 Å². The van der Waals surface area contributed by atoms with Crippen molar-refractivity contribution in [2.24, 2.45) is 5.92 Å². The van der Waals surface area contributed by atoms with E-state index in [2.05, 4.69) is 5.32 Å². The van der Waals surface area contributed by atoms with Gasteiger partial charge in [-0.2, -0.15) is 0 Å². The summed E-state index contributed by atoms with van der Waals surface area (Å²) in [5.74, 6) is -0.191. The molecule has 25 heavy (non-hydrogen) atoms. The molecule has 0 bridgehead atoms. The number of carbonyl (C=O) groups excluding carboxylic acids is 1. The van der Waals surface area contributed by atoms with Gasteiger partial charge in [0.05, 0.1) is 13.0 Å². The van der Waals surface area contributed by atoms with E-state index in [9.17, 15) is 9.59 Å². The number of fused-ring (bicyclic) bond motifs is 2. The van der Waals surface area contributed by atoms with Crippen molar-refractivity contribution in [2.45, 2.75) is 24.7 Å². The lowest BCUT2D eigenvalue weighted by Crippen LogP contribution is -2.27. The molecule has 2 N–H and O–H groups in total. The molecule has 1 saturated carbocycles. The number of benzene rings is 2. The van der Waals surface area contributed by atoms with Crippen molar-refractivity contribution in [3.8, 4) is 5.75 Å². The molecule has 2 atom stereocenters. The summed E-state index contributed by atoms with van der Waals surface area (Å²) in [6, 6.07) is 15.0. The van der Waals surface area contributed by atoms with Crippen LogP contribution in [0, 0.1) is 5.92 Å². The Balaban J connectivity index is 1.55. The Morgan fingerprint density at radius 1 is 1.16 bits per heavy atom. The predicted molar refractivity (Wildman–Crippen MR) is 92.8 cm³/mol. The van der Waals surface area contributed by atoms with Crippen LogP contribution < -0.4 is 10.1 Å². The van der Waals surface area contributed by atoms with Gasteiger partial charge >= 0.3 is 5.97 Å². The molecule has 2 aromatic carbocycles. The number of aliphatic carboxylic acids is 1. The standard InChI is InChI=1S/C20H19NO4/c22-18(23)11-13-5-1-3-7-16(13)21-19(24)15-12-20(15)9-10-25-17-8-4-2-6-14(17)20/h1-8,15H,9-12H2,(H,21,24)(H,22,23). The average Bonchev–Trinajstić information content (AvgIpc) is 3.31. The molecule has 5 heteroatoms. The predicted octanol–water partition coefficient (Wildman–Crippen LogP) is 2.99. The van der Waals surface area contributed by atoms with Crippen molar-refractivity contribution >= 4 is 17.6 Å². The van der Waals surface area contributed by atoms with Gasteiger partial charge in [0.15, 0.2) is 0 Å². The number of nitrogens with one attached hydrogen (secondary N) is 1. The largest absolute Gasteiger partial charge is 0.493 e. The molecule has 4 rings (SSSR count). The second kappa shape index (κ2) is 5.92. The fourth-order valence-electron chi connectivity index (χ4n) is 3.88. The van der Waals surface area contributed by atoms with Crippen LogP contribution >= 0.6 is 0 Å². The van der Waals surface area contributed by atoms with Gasteiger partial charge in [-0.3, -0.25) is 9.59 Å². The SMILES string of the molecule is O=C(O)Cc1ccccc1NC(=O)C1CC12CCOc1ccccc12. The summed E-state index contributed by atoms with van der Waals surface area (Å²) in [7, 11) is 0. The monoisotopic (exact) mass is 337 g/mol. The second-order valence-electron chi connectivity index (χ2n) is 6.72. The highest BCUT2D eigenvalue weighted by atomic mass is 16.5. The van der Waals surface area contributed by atoms with E-state index in [-0.39, 0.29) is 23.7 Å². The van der Waals surface area contributed by atoms with Gasteiger partial charge in [0.25, 0.3) is 0 Å². The molecule has 2 aromatic rings. The third-order valence-corrected chi connectivity index (χ3v) is 5.24. The van der Waals surface area contributed by atoms with Crippen molar-refractivity contribution < 1.29 is 19.4 Å². The molecule has 0 aromatic heterocycles. The van der Waals surface area contributed by atoms with E-state index >= 15 is 0 Å². The van der Waals surface area contributed by atoms with Crippen LogP contribution in [0.4, 0.5) is 5.69 Å². The molecule has 1 heterocycles. The molecule has 1 spiro atoms. The summed E-state index contributed by atoms with van der Waals surface area (Å²) < 4.78 is 5.71. The van der Waals surface area contributed by atoms with Crippen LogP contribution in [-0.4, -0.2) is 23.6 Å². The summed E-state index contributed by atoms with van der Waals surface area (Å²) >= 11 is 0. The Hall–Kier alpha value is -2.82.